The first kappa shape index (κ1) is 13.6. The Balaban J connectivity index is 3.00. The maximum atomic E-state index is 11.3. The van der Waals surface area contributed by atoms with Gasteiger partial charge in [-0.25, -0.2) is 0 Å². The lowest BCUT2D eigenvalue weighted by Gasteiger charge is -2.18. The zero-order valence-corrected chi connectivity index (χ0v) is 12.1. The lowest BCUT2D eigenvalue weighted by Crippen LogP contribution is -2.27. The summed E-state index contributed by atoms with van der Waals surface area (Å²) < 4.78 is 2.02. The van der Waals surface area contributed by atoms with E-state index in [0.717, 1.165) is 11.3 Å². The third-order valence-electron chi connectivity index (χ3n) is 2.55. The van der Waals surface area contributed by atoms with Gasteiger partial charge in [0, 0.05) is 7.05 Å². The Morgan fingerprint density at radius 3 is 2.35 bits per heavy atom. The van der Waals surface area contributed by atoms with Crippen LogP contribution < -0.4 is 0 Å². The average Bonchev–Trinajstić information content (AvgIpc) is 2.28. The molecule has 1 aromatic carbocycles. The van der Waals surface area contributed by atoms with Crippen LogP contribution in [-0.2, 0) is 4.79 Å². The molecule has 0 atom stereocenters. The minimum Gasteiger partial charge on any atom is -0.331 e. The first-order valence-corrected chi connectivity index (χ1v) is 8.68. The number of carbonyl (C=O) groups excluding carboxylic acids is 1. The monoisotopic (exact) mass is 248 g/mol. The van der Waals surface area contributed by atoms with Crippen LogP contribution >= 0.6 is 0 Å². The predicted molar refractivity (Wildman–Crippen MR) is 74.9 cm³/mol. The van der Waals surface area contributed by atoms with Crippen LogP contribution in [0, 0.1) is 0 Å². The molecule has 0 N–H and O–H groups in total. The summed E-state index contributed by atoms with van der Waals surface area (Å²) >= 11 is 0. The van der Waals surface area contributed by atoms with E-state index in [4.69, 9.17) is 0 Å². The molecule has 1 rings (SSSR count). The number of carbonyl (C=O) groups is 1. The second-order valence-electron chi connectivity index (χ2n) is 4.46. The van der Waals surface area contributed by atoms with Gasteiger partial charge in [0.2, 0.25) is 0 Å². The molecule has 0 saturated heterocycles. The van der Waals surface area contributed by atoms with Gasteiger partial charge >= 0.3 is 0 Å². The molecule has 0 aliphatic heterocycles. The topological polar surface area (TPSA) is 32.7 Å². The molecule has 0 unspecified atom stereocenters. The summed E-state index contributed by atoms with van der Waals surface area (Å²) in [4.78, 5) is 11.3. The predicted octanol–water partition coefficient (Wildman–Crippen LogP) is 2.29. The van der Waals surface area contributed by atoms with Crippen LogP contribution in [0.2, 0.25) is 13.1 Å². The van der Waals surface area contributed by atoms with Crippen molar-refractivity contribution in [2.75, 3.05) is 7.05 Å². The summed E-state index contributed by atoms with van der Waals surface area (Å²) in [6.45, 7) is 6.02. The Morgan fingerprint density at radius 2 is 1.88 bits per heavy atom. The number of hydrogen-bond acceptors (Lipinski definition) is 3. The van der Waals surface area contributed by atoms with E-state index in [2.05, 4.69) is 18.2 Å². The normalized spacial score (nSPS) is 11.7. The van der Waals surface area contributed by atoms with Gasteiger partial charge in [0.25, 0.3) is 0 Å². The van der Waals surface area contributed by atoms with Gasteiger partial charge in [0.05, 0.1) is 12.1 Å². The van der Waals surface area contributed by atoms with Crippen molar-refractivity contribution in [1.82, 2.24) is 4.67 Å². The summed E-state index contributed by atoms with van der Waals surface area (Å²) in [6, 6.07) is 9.90. The van der Waals surface area contributed by atoms with Crippen molar-refractivity contribution in [1.29, 1.82) is 0 Å². The highest BCUT2D eigenvalue weighted by Crippen LogP contribution is 2.07. The minimum atomic E-state index is -0.955. The fraction of sp³-hybridized carbons (Fsp3) is 0.385. The zero-order chi connectivity index (χ0) is 12.8. The Kier molecular flexibility index (Phi) is 5.09. The largest absolute Gasteiger partial charge is 0.331 e. The van der Waals surface area contributed by atoms with Gasteiger partial charge in [-0.3, -0.25) is 4.79 Å². The lowest BCUT2D eigenvalue weighted by molar-refractivity contribution is -0.115. The van der Waals surface area contributed by atoms with Crippen LogP contribution in [0.4, 0.5) is 0 Å². The smallest absolute Gasteiger partial charge is 0.156 e. The minimum absolute atomic E-state index is 0.145. The molecule has 0 aliphatic rings. The quantitative estimate of drug-likeness (QED) is 0.455. The average molecular weight is 248 g/mol. The molecule has 17 heavy (non-hydrogen) atoms. The summed E-state index contributed by atoms with van der Waals surface area (Å²) in [6.07, 6.45) is 0.398. The zero-order valence-electron chi connectivity index (χ0n) is 11.0. The van der Waals surface area contributed by atoms with Gasteiger partial charge in [0.15, 0.2) is 8.96 Å². The second kappa shape index (κ2) is 6.35. The number of hydrazone groups is 1. The van der Waals surface area contributed by atoms with Gasteiger partial charge < -0.3 is 4.67 Å². The van der Waals surface area contributed by atoms with E-state index in [1.54, 1.807) is 6.92 Å². The summed E-state index contributed by atoms with van der Waals surface area (Å²) in [5.41, 5.74) is 1.89. The Morgan fingerprint density at radius 1 is 1.29 bits per heavy atom. The molecule has 0 aliphatic carbocycles. The standard InChI is InChI=1S/C13H20N2OSi/c1-11(16)10-13(14-15(2)17(3)4)12-8-6-5-7-9-12/h5-9,17H,10H2,1-4H3. The number of Topliss-reactive ketones (excluding diaryl/α,β-unsaturated/α-hetero) is 1. The van der Waals surface area contributed by atoms with Gasteiger partial charge in [0.1, 0.15) is 5.78 Å². The molecule has 0 radical (unpaired) electrons. The molecule has 0 fully saturated rings. The van der Waals surface area contributed by atoms with Crippen molar-refractivity contribution < 1.29 is 4.79 Å². The summed E-state index contributed by atoms with van der Waals surface area (Å²) in [5.74, 6) is 0.145. The van der Waals surface area contributed by atoms with Crippen LogP contribution in [0.1, 0.15) is 18.9 Å². The van der Waals surface area contributed by atoms with Crippen molar-refractivity contribution in [3.8, 4) is 0 Å². The Bertz CT molecular complexity index is 401. The van der Waals surface area contributed by atoms with E-state index in [1.165, 1.54) is 0 Å². The van der Waals surface area contributed by atoms with Crippen LogP contribution in [0.25, 0.3) is 0 Å². The number of ketones is 1. The number of benzene rings is 1. The van der Waals surface area contributed by atoms with E-state index < -0.39 is 8.96 Å². The van der Waals surface area contributed by atoms with Crippen molar-refractivity contribution in [2.45, 2.75) is 26.4 Å². The van der Waals surface area contributed by atoms with Gasteiger partial charge in [-0.05, 0) is 12.5 Å². The van der Waals surface area contributed by atoms with Gasteiger partial charge in [-0.15, -0.1) is 0 Å². The fourth-order valence-corrected chi connectivity index (χ4v) is 1.74. The van der Waals surface area contributed by atoms with Crippen LogP contribution in [-0.4, -0.2) is 32.2 Å². The number of hydrogen-bond donors (Lipinski definition) is 0. The van der Waals surface area contributed by atoms with Crippen LogP contribution in [0.3, 0.4) is 0 Å². The Labute approximate surface area is 105 Å². The molecule has 1 aromatic rings. The molecule has 3 nitrogen and oxygen atoms in total. The molecular weight excluding hydrogens is 228 g/mol. The summed E-state index contributed by atoms with van der Waals surface area (Å²) in [5, 5.41) is 4.58. The first-order valence-electron chi connectivity index (χ1n) is 5.86. The maximum absolute atomic E-state index is 11.3. The molecule has 0 spiro atoms. The highest BCUT2D eigenvalue weighted by atomic mass is 28.3. The lowest BCUT2D eigenvalue weighted by atomic mass is 10.1. The highest BCUT2D eigenvalue weighted by Gasteiger charge is 2.09. The van der Waals surface area contributed by atoms with Crippen molar-refractivity contribution >= 4 is 20.5 Å². The van der Waals surface area contributed by atoms with Crippen molar-refractivity contribution in [3.05, 3.63) is 35.9 Å². The second-order valence-corrected chi connectivity index (χ2v) is 7.39. The third-order valence-corrected chi connectivity index (χ3v) is 4.16. The molecular formula is C13H20N2OSi. The fourth-order valence-electron chi connectivity index (χ4n) is 1.37. The van der Waals surface area contributed by atoms with E-state index in [1.807, 2.05) is 42.1 Å². The van der Waals surface area contributed by atoms with Gasteiger partial charge in [-0.1, -0.05) is 43.4 Å². The van der Waals surface area contributed by atoms with Crippen molar-refractivity contribution in [2.24, 2.45) is 5.10 Å². The van der Waals surface area contributed by atoms with E-state index in [0.29, 0.717) is 6.42 Å². The molecule has 0 bridgehead atoms. The number of nitrogens with zero attached hydrogens (tertiary/aromatic N) is 2. The highest BCUT2D eigenvalue weighted by molar-refractivity contribution is 6.52. The number of rotatable bonds is 5. The van der Waals surface area contributed by atoms with Crippen LogP contribution in [0.15, 0.2) is 35.4 Å². The molecule has 0 aromatic heterocycles. The first-order chi connectivity index (χ1) is 8.00. The maximum Gasteiger partial charge on any atom is 0.156 e. The molecule has 0 amide bonds. The SMILES string of the molecule is CC(=O)CC(=NN(C)[SiH](C)C)c1ccccc1. The molecule has 92 valence electrons. The van der Waals surface area contributed by atoms with E-state index >= 15 is 0 Å². The third kappa shape index (κ3) is 4.52. The van der Waals surface area contributed by atoms with Crippen LogP contribution in [0.5, 0.6) is 0 Å². The van der Waals surface area contributed by atoms with E-state index in [-0.39, 0.29) is 5.78 Å². The molecule has 0 saturated carbocycles. The van der Waals surface area contributed by atoms with Crippen molar-refractivity contribution in [3.63, 3.8) is 0 Å². The van der Waals surface area contributed by atoms with Gasteiger partial charge in [-0.2, -0.15) is 5.10 Å². The molecule has 0 heterocycles. The van der Waals surface area contributed by atoms with E-state index in [9.17, 15) is 4.79 Å². The Hall–Kier alpha value is -1.42. The molecule has 4 heteroatoms. The summed E-state index contributed by atoms with van der Waals surface area (Å²) in [7, 11) is 1.03.